The molecule has 2 aliphatic heterocycles. The Morgan fingerprint density at radius 3 is 2.41 bits per heavy atom. The average molecular weight is 447 g/mol. The van der Waals surface area contributed by atoms with Gasteiger partial charge in [-0.05, 0) is 43.7 Å². The number of benzene rings is 1. The van der Waals surface area contributed by atoms with Gasteiger partial charge in [0.05, 0.1) is 13.0 Å². The van der Waals surface area contributed by atoms with Gasteiger partial charge in [-0.15, -0.1) is 24.8 Å². The van der Waals surface area contributed by atoms with Crippen LogP contribution in [0.2, 0.25) is 0 Å². The normalized spacial score (nSPS) is 19.5. The number of amides is 2. The summed E-state index contributed by atoms with van der Waals surface area (Å²) in [5.41, 5.74) is 0.632. The molecule has 0 radical (unpaired) electrons. The van der Waals surface area contributed by atoms with E-state index in [0.717, 1.165) is 64.4 Å². The average Bonchev–Trinajstić information content (AvgIpc) is 2.74. The van der Waals surface area contributed by atoms with E-state index in [2.05, 4.69) is 15.5 Å². The van der Waals surface area contributed by atoms with Crippen LogP contribution < -0.4 is 15.4 Å². The van der Waals surface area contributed by atoms with Gasteiger partial charge in [-0.1, -0.05) is 0 Å². The van der Waals surface area contributed by atoms with Gasteiger partial charge in [0.15, 0.2) is 0 Å². The Kier molecular flexibility index (Phi) is 11.3. The highest BCUT2D eigenvalue weighted by Gasteiger charge is 2.28. The summed E-state index contributed by atoms with van der Waals surface area (Å²) in [5, 5.41) is 6.28. The van der Waals surface area contributed by atoms with Gasteiger partial charge < -0.3 is 20.3 Å². The van der Waals surface area contributed by atoms with E-state index in [1.807, 2.05) is 4.90 Å². The number of halogens is 2. The van der Waals surface area contributed by atoms with Crippen molar-refractivity contribution in [3.63, 3.8) is 0 Å². The van der Waals surface area contributed by atoms with Gasteiger partial charge in [0.1, 0.15) is 5.75 Å². The lowest BCUT2D eigenvalue weighted by Crippen LogP contribution is -2.53. The molecule has 7 nitrogen and oxygen atoms in total. The van der Waals surface area contributed by atoms with E-state index in [1.165, 1.54) is 0 Å². The fourth-order valence-corrected chi connectivity index (χ4v) is 3.68. The van der Waals surface area contributed by atoms with Crippen molar-refractivity contribution in [2.24, 2.45) is 5.92 Å². The number of nitrogens with one attached hydrogen (secondary N) is 2. The van der Waals surface area contributed by atoms with Crippen molar-refractivity contribution < 1.29 is 14.3 Å². The predicted molar refractivity (Wildman–Crippen MR) is 118 cm³/mol. The molecule has 1 aromatic rings. The second-order valence-corrected chi connectivity index (χ2v) is 7.19. The van der Waals surface area contributed by atoms with Gasteiger partial charge in [-0.2, -0.15) is 0 Å². The molecule has 2 fully saturated rings. The quantitative estimate of drug-likeness (QED) is 0.690. The Hall–Kier alpha value is -1.54. The van der Waals surface area contributed by atoms with Gasteiger partial charge in [0.25, 0.3) is 5.91 Å². The molecule has 2 saturated heterocycles. The minimum atomic E-state index is -0.0729. The molecule has 2 aliphatic rings. The predicted octanol–water partition coefficient (Wildman–Crippen LogP) is 1.41. The van der Waals surface area contributed by atoms with Crippen molar-refractivity contribution in [2.45, 2.75) is 12.8 Å². The Balaban J connectivity index is 0.00000210. The van der Waals surface area contributed by atoms with Crippen LogP contribution >= 0.6 is 24.8 Å². The standard InChI is InChI=1S/C20H30N4O3.2ClH/c1-27-18-6-4-16(5-7-18)19(25)22-9-10-23-11-13-24(14-12-23)20(26)17-3-2-8-21-15-17;;/h4-7,17,21H,2-3,8-15H2,1H3,(H,22,25);2*1H. The molecule has 164 valence electrons. The highest BCUT2D eigenvalue weighted by atomic mass is 35.5. The summed E-state index contributed by atoms with van der Waals surface area (Å²) < 4.78 is 5.10. The summed E-state index contributed by atoms with van der Waals surface area (Å²) in [6.07, 6.45) is 2.09. The molecule has 29 heavy (non-hydrogen) atoms. The topological polar surface area (TPSA) is 73.9 Å². The number of ether oxygens (including phenoxy) is 1. The van der Waals surface area contributed by atoms with E-state index >= 15 is 0 Å². The van der Waals surface area contributed by atoms with Crippen LogP contribution in [0.5, 0.6) is 5.75 Å². The number of piperidine rings is 1. The molecule has 0 aromatic heterocycles. The summed E-state index contributed by atoms with van der Waals surface area (Å²) in [5.74, 6) is 1.11. The van der Waals surface area contributed by atoms with Gasteiger partial charge in [-0.25, -0.2) is 0 Å². The molecule has 2 N–H and O–H groups in total. The summed E-state index contributed by atoms with van der Waals surface area (Å²) in [6, 6.07) is 7.09. The zero-order chi connectivity index (χ0) is 19.1. The SMILES string of the molecule is COc1ccc(C(=O)NCCN2CCN(C(=O)C3CCCNC3)CC2)cc1.Cl.Cl. The van der Waals surface area contributed by atoms with Gasteiger partial charge >= 0.3 is 0 Å². The van der Waals surface area contributed by atoms with E-state index in [-0.39, 0.29) is 36.6 Å². The number of nitrogens with zero attached hydrogens (tertiary/aromatic N) is 2. The number of hydrogen-bond acceptors (Lipinski definition) is 5. The Morgan fingerprint density at radius 1 is 1.14 bits per heavy atom. The smallest absolute Gasteiger partial charge is 0.251 e. The number of piperazine rings is 1. The van der Waals surface area contributed by atoms with Crippen molar-refractivity contribution in [3.05, 3.63) is 29.8 Å². The molecule has 9 heteroatoms. The van der Waals surface area contributed by atoms with Crippen LogP contribution in [-0.2, 0) is 4.79 Å². The molecule has 0 bridgehead atoms. The lowest BCUT2D eigenvalue weighted by atomic mass is 9.98. The summed E-state index contributed by atoms with van der Waals surface area (Å²) in [7, 11) is 1.61. The van der Waals surface area contributed by atoms with Crippen LogP contribution in [-0.4, -0.2) is 81.1 Å². The zero-order valence-corrected chi connectivity index (χ0v) is 18.5. The first-order valence-corrected chi connectivity index (χ1v) is 9.81. The summed E-state index contributed by atoms with van der Waals surface area (Å²) in [4.78, 5) is 29.0. The second kappa shape index (κ2) is 12.9. The summed E-state index contributed by atoms with van der Waals surface area (Å²) >= 11 is 0. The maximum atomic E-state index is 12.6. The molecule has 0 spiro atoms. The molecule has 2 amide bonds. The molecule has 2 heterocycles. The lowest BCUT2D eigenvalue weighted by molar-refractivity contribution is -0.137. The molecule has 1 aromatic carbocycles. The van der Waals surface area contributed by atoms with Crippen molar-refractivity contribution in [3.8, 4) is 5.75 Å². The maximum absolute atomic E-state index is 12.6. The van der Waals surface area contributed by atoms with E-state index in [0.29, 0.717) is 18.0 Å². The van der Waals surface area contributed by atoms with Crippen LogP contribution in [0.3, 0.4) is 0 Å². The van der Waals surface area contributed by atoms with Gasteiger partial charge in [0.2, 0.25) is 5.91 Å². The van der Waals surface area contributed by atoms with Crippen molar-refractivity contribution >= 4 is 36.6 Å². The number of carbonyl (C=O) groups excluding carboxylic acids is 2. The third-order valence-electron chi connectivity index (χ3n) is 5.40. The van der Waals surface area contributed by atoms with E-state index in [1.54, 1.807) is 31.4 Å². The van der Waals surface area contributed by atoms with Crippen LogP contribution in [0.15, 0.2) is 24.3 Å². The number of rotatable bonds is 6. The summed E-state index contributed by atoms with van der Waals surface area (Å²) in [6.45, 7) is 6.54. The van der Waals surface area contributed by atoms with Crippen LogP contribution in [0, 0.1) is 5.92 Å². The highest BCUT2D eigenvalue weighted by molar-refractivity contribution is 5.94. The van der Waals surface area contributed by atoms with Crippen LogP contribution in [0.4, 0.5) is 0 Å². The molecule has 1 unspecified atom stereocenters. The minimum Gasteiger partial charge on any atom is -0.497 e. The molecule has 1 atom stereocenters. The second-order valence-electron chi connectivity index (χ2n) is 7.19. The Labute approximate surface area is 185 Å². The molecule has 0 aliphatic carbocycles. The van der Waals surface area contributed by atoms with E-state index in [4.69, 9.17) is 4.74 Å². The first-order valence-electron chi connectivity index (χ1n) is 9.81. The molecule has 0 saturated carbocycles. The van der Waals surface area contributed by atoms with Crippen LogP contribution in [0.1, 0.15) is 23.2 Å². The lowest BCUT2D eigenvalue weighted by Gasteiger charge is -2.37. The fourth-order valence-electron chi connectivity index (χ4n) is 3.68. The Bertz CT molecular complexity index is 631. The largest absolute Gasteiger partial charge is 0.497 e. The third-order valence-corrected chi connectivity index (χ3v) is 5.40. The number of methoxy groups -OCH3 is 1. The maximum Gasteiger partial charge on any atom is 0.251 e. The highest BCUT2D eigenvalue weighted by Crippen LogP contribution is 2.15. The van der Waals surface area contributed by atoms with Gasteiger partial charge in [-0.3, -0.25) is 14.5 Å². The molecular weight excluding hydrogens is 415 g/mol. The first kappa shape index (κ1) is 25.5. The third kappa shape index (κ3) is 7.33. The number of carbonyl (C=O) groups is 2. The fraction of sp³-hybridized carbons (Fsp3) is 0.600. The van der Waals surface area contributed by atoms with Crippen molar-refractivity contribution in [1.29, 1.82) is 0 Å². The zero-order valence-electron chi connectivity index (χ0n) is 16.9. The van der Waals surface area contributed by atoms with Crippen molar-refractivity contribution in [2.75, 3.05) is 59.5 Å². The molecular formula is C20H32Cl2N4O3. The van der Waals surface area contributed by atoms with E-state index in [9.17, 15) is 9.59 Å². The first-order chi connectivity index (χ1) is 13.2. The van der Waals surface area contributed by atoms with E-state index < -0.39 is 0 Å². The monoisotopic (exact) mass is 446 g/mol. The van der Waals surface area contributed by atoms with Crippen LogP contribution in [0.25, 0.3) is 0 Å². The Morgan fingerprint density at radius 2 is 1.83 bits per heavy atom. The molecule has 3 rings (SSSR count). The van der Waals surface area contributed by atoms with Crippen molar-refractivity contribution in [1.82, 2.24) is 20.4 Å². The minimum absolute atomic E-state index is 0. The van der Waals surface area contributed by atoms with Gasteiger partial charge in [0, 0.05) is 51.4 Å². The number of hydrogen-bond donors (Lipinski definition) is 2.